The second-order valence-corrected chi connectivity index (χ2v) is 4.65. The van der Waals surface area contributed by atoms with Crippen molar-refractivity contribution in [3.05, 3.63) is 23.8 Å². The number of ether oxygens (including phenoxy) is 2. The zero-order chi connectivity index (χ0) is 12.3. The van der Waals surface area contributed by atoms with Crippen molar-refractivity contribution >= 4 is 0 Å². The van der Waals surface area contributed by atoms with Gasteiger partial charge in [0.1, 0.15) is 0 Å². The molecule has 1 fully saturated rings. The van der Waals surface area contributed by atoms with Gasteiger partial charge >= 0.3 is 0 Å². The predicted molar refractivity (Wildman–Crippen MR) is 66.6 cm³/mol. The summed E-state index contributed by atoms with van der Waals surface area (Å²) >= 11 is 0. The Bertz CT molecular complexity index is 376. The largest absolute Gasteiger partial charge is 0.493 e. The van der Waals surface area contributed by atoms with Crippen molar-refractivity contribution in [2.24, 2.45) is 5.92 Å². The molecular weight excluding hydrogens is 216 g/mol. The molecule has 2 rings (SSSR count). The van der Waals surface area contributed by atoms with E-state index in [-0.39, 0.29) is 6.10 Å². The lowest BCUT2D eigenvalue weighted by atomic mass is 9.96. The van der Waals surface area contributed by atoms with Crippen LogP contribution in [0.4, 0.5) is 0 Å². The Morgan fingerprint density at radius 3 is 2.53 bits per heavy atom. The molecule has 0 spiro atoms. The highest BCUT2D eigenvalue weighted by Gasteiger charge is 2.25. The Balaban J connectivity index is 2.10. The lowest BCUT2D eigenvalue weighted by Crippen LogP contribution is -2.15. The normalized spacial score (nSPS) is 23.7. The SMILES string of the molecule is COc1ccc(CC2CCCC2O)cc1OC. The first-order chi connectivity index (χ1) is 8.24. The van der Waals surface area contributed by atoms with Crippen molar-refractivity contribution in [2.75, 3.05) is 14.2 Å². The van der Waals surface area contributed by atoms with Crippen LogP contribution >= 0.6 is 0 Å². The average molecular weight is 236 g/mol. The first kappa shape index (κ1) is 12.2. The van der Waals surface area contributed by atoms with E-state index in [0.717, 1.165) is 37.2 Å². The number of aliphatic hydroxyl groups is 1. The number of rotatable bonds is 4. The van der Waals surface area contributed by atoms with Gasteiger partial charge in [-0.1, -0.05) is 12.5 Å². The van der Waals surface area contributed by atoms with Crippen LogP contribution in [0.3, 0.4) is 0 Å². The fourth-order valence-corrected chi connectivity index (χ4v) is 2.57. The van der Waals surface area contributed by atoms with Crippen molar-refractivity contribution < 1.29 is 14.6 Å². The third-order valence-corrected chi connectivity index (χ3v) is 3.56. The van der Waals surface area contributed by atoms with Crippen LogP contribution in [-0.2, 0) is 6.42 Å². The van der Waals surface area contributed by atoms with E-state index in [9.17, 15) is 5.11 Å². The van der Waals surface area contributed by atoms with E-state index in [2.05, 4.69) is 0 Å². The summed E-state index contributed by atoms with van der Waals surface area (Å²) in [7, 11) is 3.28. The van der Waals surface area contributed by atoms with Crippen LogP contribution in [0, 0.1) is 5.92 Å². The van der Waals surface area contributed by atoms with Crippen LogP contribution in [0.1, 0.15) is 24.8 Å². The van der Waals surface area contributed by atoms with E-state index >= 15 is 0 Å². The fraction of sp³-hybridized carbons (Fsp3) is 0.571. The number of hydrogen-bond donors (Lipinski definition) is 1. The molecule has 0 bridgehead atoms. The number of methoxy groups -OCH3 is 2. The smallest absolute Gasteiger partial charge is 0.160 e. The first-order valence-electron chi connectivity index (χ1n) is 6.13. The second kappa shape index (κ2) is 5.41. The summed E-state index contributed by atoms with van der Waals surface area (Å²) in [4.78, 5) is 0. The van der Waals surface area contributed by atoms with Crippen molar-refractivity contribution in [1.82, 2.24) is 0 Å². The molecule has 1 aliphatic rings. The molecule has 94 valence electrons. The van der Waals surface area contributed by atoms with Gasteiger partial charge in [-0.3, -0.25) is 0 Å². The topological polar surface area (TPSA) is 38.7 Å². The maximum Gasteiger partial charge on any atom is 0.160 e. The molecule has 3 nitrogen and oxygen atoms in total. The number of hydrogen-bond acceptors (Lipinski definition) is 3. The van der Waals surface area contributed by atoms with Gasteiger partial charge in [-0.05, 0) is 42.9 Å². The van der Waals surface area contributed by atoms with Crippen molar-refractivity contribution in [1.29, 1.82) is 0 Å². The van der Waals surface area contributed by atoms with Gasteiger partial charge in [0.05, 0.1) is 20.3 Å². The number of aliphatic hydroxyl groups excluding tert-OH is 1. The summed E-state index contributed by atoms with van der Waals surface area (Å²) in [6, 6.07) is 5.98. The molecular formula is C14H20O3. The standard InChI is InChI=1S/C14H20O3/c1-16-13-7-6-10(9-14(13)17-2)8-11-4-3-5-12(11)15/h6-7,9,11-12,15H,3-5,8H2,1-2H3. The Labute approximate surface area is 102 Å². The van der Waals surface area contributed by atoms with Crippen LogP contribution in [0.25, 0.3) is 0 Å². The molecule has 0 aromatic heterocycles. The Hall–Kier alpha value is -1.22. The second-order valence-electron chi connectivity index (χ2n) is 4.65. The fourth-order valence-electron chi connectivity index (χ4n) is 2.57. The quantitative estimate of drug-likeness (QED) is 0.872. The van der Waals surface area contributed by atoms with E-state index in [4.69, 9.17) is 9.47 Å². The van der Waals surface area contributed by atoms with E-state index in [1.807, 2.05) is 18.2 Å². The minimum atomic E-state index is -0.136. The van der Waals surface area contributed by atoms with E-state index in [1.54, 1.807) is 14.2 Å². The molecule has 0 saturated heterocycles. The molecule has 1 N–H and O–H groups in total. The maximum atomic E-state index is 9.82. The highest BCUT2D eigenvalue weighted by atomic mass is 16.5. The van der Waals surface area contributed by atoms with Gasteiger partial charge in [0, 0.05) is 0 Å². The van der Waals surface area contributed by atoms with E-state index in [1.165, 1.54) is 5.56 Å². The summed E-state index contributed by atoms with van der Waals surface area (Å²) in [5, 5.41) is 9.82. The molecule has 1 aromatic carbocycles. The van der Waals surface area contributed by atoms with Gasteiger partial charge in [-0.25, -0.2) is 0 Å². The van der Waals surface area contributed by atoms with Crippen LogP contribution in [-0.4, -0.2) is 25.4 Å². The third-order valence-electron chi connectivity index (χ3n) is 3.56. The Morgan fingerprint density at radius 2 is 1.94 bits per heavy atom. The summed E-state index contributed by atoms with van der Waals surface area (Å²) in [5.74, 6) is 1.91. The molecule has 2 atom stereocenters. The highest BCUT2D eigenvalue weighted by Crippen LogP contribution is 2.32. The average Bonchev–Trinajstić information content (AvgIpc) is 2.75. The number of benzene rings is 1. The summed E-state index contributed by atoms with van der Waals surface area (Å²) < 4.78 is 10.5. The minimum Gasteiger partial charge on any atom is -0.493 e. The van der Waals surface area contributed by atoms with Crippen LogP contribution in [0.5, 0.6) is 11.5 Å². The van der Waals surface area contributed by atoms with Gasteiger partial charge < -0.3 is 14.6 Å². The predicted octanol–water partition coefficient (Wildman–Crippen LogP) is 2.41. The zero-order valence-electron chi connectivity index (χ0n) is 10.5. The zero-order valence-corrected chi connectivity index (χ0v) is 10.5. The molecule has 0 heterocycles. The molecule has 0 radical (unpaired) electrons. The maximum absolute atomic E-state index is 9.82. The Kier molecular flexibility index (Phi) is 3.89. The van der Waals surface area contributed by atoms with E-state index < -0.39 is 0 Å². The monoisotopic (exact) mass is 236 g/mol. The molecule has 1 aliphatic carbocycles. The summed E-state index contributed by atoms with van der Waals surface area (Å²) in [6.07, 6.45) is 3.98. The van der Waals surface area contributed by atoms with Crippen LogP contribution < -0.4 is 9.47 Å². The van der Waals surface area contributed by atoms with Gasteiger partial charge in [0.15, 0.2) is 11.5 Å². The first-order valence-corrected chi connectivity index (χ1v) is 6.13. The summed E-state index contributed by atoms with van der Waals surface area (Å²) in [5.41, 5.74) is 1.20. The van der Waals surface area contributed by atoms with Crippen LogP contribution in [0.15, 0.2) is 18.2 Å². The third kappa shape index (κ3) is 2.72. The van der Waals surface area contributed by atoms with Gasteiger partial charge in [0.25, 0.3) is 0 Å². The molecule has 17 heavy (non-hydrogen) atoms. The van der Waals surface area contributed by atoms with Crippen molar-refractivity contribution in [3.63, 3.8) is 0 Å². The highest BCUT2D eigenvalue weighted by molar-refractivity contribution is 5.43. The van der Waals surface area contributed by atoms with E-state index in [0.29, 0.717) is 5.92 Å². The molecule has 0 amide bonds. The summed E-state index contributed by atoms with van der Waals surface area (Å²) in [6.45, 7) is 0. The van der Waals surface area contributed by atoms with Crippen LogP contribution in [0.2, 0.25) is 0 Å². The van der Waals surface area contributed by atoms with Crippen molar-refractivity contribution in [3.8, 4) is 11.5 Å². The molecule has 0 aliphatic heterocycles. The Morgan fingerprint density at radius 1 is 1.18 bits per heavy atom. The molecule has 1 saturated carbocycles. The molecule has 3 heteroatoms. The molecule has 1 aromatic rings. The van der Waals surface area contributed by atoms with Crippen molar-refractivity contribution in [2.45, 2.75) is 31.8 Å². The minimum absolute atomic E-state index is 0.136. The molecule has 2 unspecified atom stereocenters. The lowest BCUT2D eigenvalue weighted by Gasteiger charge is -2.15. The lowest BCUT2D eigenvalue weighted by molar-refractivity contribution is 0.132. The van der Waals surface area contributed by atoms with Gasteiger partial charge in [-0.15, -0.1) is 0 Å². The van der Waals surface area contributed by atoms with Gasteiger partial charge in [-0.2, -0.15) is 0 Å². The van der Waals surface area contributed by atoms with Gasteiger partial charge in [0.2, 0.25) is 0 Å².